The van der Waals surface area contributed by atoms with E-state index in [1.807, 2.05) is 26.0 Å². The van der Waals surface area contributed by atoms with Gasteiger partial charge < -0.3 is 15.8 Å². The molecule has 1 amide bonds. The number of hydrogen-bond donors (Lipinski definition) is 2. The number of carbonyl (C=O) groups is 1. The van der Waals surface area contributed by atoms with Crippen molar-refractivity contribution in [1.82, 2.24) is 5.32 Å². The molecule has 104 valence electrons. The highest BCUT2D eigenvalue weighted by molar-refractivity contribution is 7.12. The maximum atomic E-state index is 11.7. The zero-order chi connectivity index (χ0) is 14.3. The average Bonchev–Trinajstić information content (AvgIpc) is 2.81. The van der Waals surface area contributed by atoms with Gasteiger partial charge >= 0.3 is 0 Å². The normalized spacial score (nSPS) is 10.7. The van der Waals surface area contributed by atoms with Gasteiger partial charge in [-0.25, -0.2) is 0 Å². The molecule has 1 aromatic rings. The standard InChI is InChI=1S/C14H20N2O2S/c1-14(2,18-3)9-13(17)16-10-12-7-6-11(19-12)5-4-8-15/h6-7H,8-10,15H2,1-3H3,(H,16,17). The number of nitrogens with one attached hydrogen (secondary N) is 1. The summed E-state index contributed by atoms with van der Waals surface area (Å²) >= 11 is 1.56. The van der Waals surface area contributed by atoms with Gasteiger partial charge in [-0.15, -0.1) is 11.3 Å². The number of carbonyl (C=O) groups excluding carboxylic acids is 1. The van der Waals surface area contributed by atoms with E-state index in [0.29, 0.717) is 19.5 Å². The third kappa shape index (κ3) is 5.88. The van der Waals surface area contributed by atoms with Gasteiger partial charge in [-0.05, 0) is 26.0 Å². The zero-order valence-electron chi connectivity index (χ0n) is 11.6. The number of hydrogen-bond acceptors (Lipinski definition) is 4. The molecule has 4 nitrogen and oxygen atoms in total. The SMILES string of the molecule is COC(C)(C)CC(=O)NCc1ccc(C#CCN)s1. The lowest BCUT2D eigenvalue weighted by Crippen LogP contribution is -2.33. The Labute approximate surface area is 118 Å². The molecule has 0 aliphatic rings. The Morgan fingerprint density at radius 3 is 2.89 bits per heavy atom. The first-order valence-electron chi connectivity index (χ1n) is 6.06. The predicted octanol–water partition coefficient (Wildman–Crippen LogP) is 1.49. The molecular formula is C14H20N2O2S. The monoisotopic (exact) mass is 280 g/mol. The molecule has 0 aliphatic carbocycles. The number of ether oxygens (including phenoxy) is 1. The summed E-state index contributed by atoms with van der Waals surface area (Å²) in [6, 6.07) is 3.90. The Morgan fingerprint density at radius 2 is 2.26 bits per heavy atom. The molecule has 0 atom stereocenters. The third-order valence-electron chi connectivity index (χ3n) is 2.57. The van der Waals surface area contributed by atoms with Gasteiger partial charge in [0.15, 0.2) is 0 Å². The first kappa shape index (κ1) is 15.7. The van der Waals surface area contributed by atoms with Crippen LogP contribution in [0.1, 0.15) is 30.0 Å². The van der Waals surface area contributed by atoms with Crippen LogP contribution in [0.4, 0.5) is 0 Å². The highest BCUT2D eigenvalue weighted by atomic mass is 32.1. The highest BCUT2D eigenvalue weighted by Crippen LogP contribution is 2.16. The smallest absolute Gasteiger partial charge is 0.223 e. The van der Waals surface area contributed by atoms with Gasteiger partial charge in [0.1, 0.15) is 0 Å². The fourth-order valence-corrected chi connectivity index (χ4v) is 2.21. The summed E-state index contributed by atoms with van der Waals surface area (Å²) in [5.74, 6) is 5.76. The van der Waals surface area contributed by atoms with E-state index in [1.165, 1.54) is 0 Å². The molecule has 0 unspecified atom stereocenters. The fourth-order valence-electron chi connectivity index (χ4n) is 1.39. The molecule has 0 radical (unpaired) electrons. The highest BCUT2D eigenvalue weighted by Gasteiger charge is 2.20. The van der Waals surface area contributed by atoms with Crippen LogP contribution in [0.25, 0.3) is 0 Å². The minimum atomic E-state index is -0.433. The summed E-state index contributed by atoms with van der Waals surface area (Å²) in [7, 11) is 1.61. The lowest BCUT2D eigenvalue weighted by atomic mass is 10.1. The van der Waals surface area contributed by atoms with E-state index in [-0.39, 0.29) is 5.91 Å². The van der Waals surface area contributed by atoms with Crippen molar-refractivity contribution < 1.29 is 9.53 Å². The summed E-state index contributed by atoms with van der Waals surface area (Å²) in [4.78, 5) is 13.8. The predicted molar refractivity (Wildman–Crippen MR) is 77.8 cm³/mol. The molecule has 1 heterocycles. The second kappa shape index (κ2) is 7.29. The van der Waals surface area contributed by atoms with Crippen molar-refractivity contribution >= 4 is 17.2 Å². The number of amides is 1. The lowest BCUT2D eigenvalue weighted by molar-refractivity contribution is -0.126. The molecule has 0 saturated carbocycles. The first-order chi connectivity index (χ1) is 8.96. The van der Waals surface area contributed by atoms with Crippen molar-refractivity contribution in [2.45, 2.75) is 32.4 Å². The van der Waals surface area contributed by atoms with Crippen LogP contribution < -0.4 is 11.1 Å². The molecule has 0 spiro atoms. The first-order valence-corrected chi connectivity index (χ1v) is 6.88. The van der Waals surface area contributed by atoms with E-state index in [9.17, 15) is 4.79 Å². The molecular weight excluding hydrogens is 260 g/mol. The van der Waals surface area contributed by atoms with Gasteiger partial charge in [-0.1, -0.05) is 11.8 Å². The largest absolute Gasteiger partial charge is 0.378 e. The third-order valence-corrected chi connectivity index (χ3v) is 3.57. The maximum Gasteiger partial charge on any atom is 0.223 e. The number of thiophene rings is 1. The molecule has 0 bridgehead atoms. The van der Waals surface area contributed by atoms with Gasteiger partial charge in [0.2, 0.25) is 5.91 Å². The van der Waals surface area contributed by atoms with E-state index in [1.54, 1.807) is 18.4 Å². The zero-order valence-corrected chi connectivity index (χ0v) is 12.4. The summed E-state index contributed by atoms with van der Waals surface area (Å²) in [5, 5.41) is 2.88. The second-order valence-corrected chi connectivity index (χ2v) is 5.86. The van der Waals surface area contributed by atoms with Crippen LogP contribution in [-0.2, 0) is 16.1 Å². The lowest BCUT2D eigenvalue weighted by Gasteiger charge is -2.21. The summed E-state index contributed by atoms with van der Waals surface area (Å²) < 4.78 is 5.22. The summed E-state index contributed by atoms with van der Waals surface area (Å²) in [6.45, 7) is 4.65. The topological polar surface area (TPSA) is 64.3 Å². The van der Waals surface area contributed by atoms with Crippen molar-refractivity contribution in [3.63, 3.8) is 0 Å². The van der Waals surface area contributed by atoms with Gasteiger partial charge in [0.25, 0.3) is 0 Å². The van der Waals surface area contributed by atoms with Gasteiger partial charge in [0, 0.05) is 12.0 Å². The van der Waals surface area contributed by atoms with Gasteiger partial charge in [-0.2, -0.15) is 0 Å². The van der Waals surface area contributed by atoms with Crippen molar-refractivity contribution in [2.24, 2.45) is 5.73 Å². The maximum absolute atomic E-state index is 11.7. The molecule has 3 N–H and O–H groups in total. The number of nitrogens with two attached hydrogens (primary N) is 1. The Hall–Kier alpha value is -1.35. The molecule has 0 aliphatic heterocycles. The minimum absolute atomic E-state index is 0.0187. The molecule has 5 heteroatoms. The van der Waals surface area contributed by atoms with E-state index < -0.39 is 5.60 Å². The second-order valence-electron chi connectivity index (χ2n) is 4.69. The molecule has 0 aromatic carbocycles. The molecule has 1 rings (SSSR count). The van der Waals surface area contributed by atoms with E-state index >= 15 is 0 Å². The van der Waals surface area contributed by atoms with Gasteiger partial charge in [-0.3, -0.25) is 4.79 Å². The fraction of sp³-hybridized carbons (Fsp3) is 0.500. The average molecular weight is 280 g/mol. The Balaban J connectivity index is 2.44. The Kier molecular flexibility index (Phi) is 6.03. The van der Waals surface area contributed by atoms with Crippen LogP contribution in [0.2, 0.25) is 0 Å². The molecule has 19 heavy (non-hydrogen) atoms. The van der Waals surface area contributed by atoms with E-state index in [4.69, 9.17) is 10.5 Å². The van der Waals surface area contributed by atoms with Crippen molar-refractivity contribution in [1.29, 1.82) is 0 Å². The van der Waals surface area contributed by atoms with Crippen LogP contribution in [0, 0.1) is 11.8 Å². The summed E-state index contributed by atoms with van der Waals surface area (Å²) in [6.07, 6.45) is 0.342. The van der Waals surface area contributed by atoms with E-state index in [2.05, 4.69) is 17.2 Å². The molecule has 0 fully saturated rings. The minimum Gasteiger partial charge on any atom is -0.378 e. The molecule has 1 aromatic heterocycles. The van der Waals surface area contributed by atoms with E-state index in [0.717, 1.165) is 9.75 Å². The quantitative estimate of drug-likeness (QED) is 0.803. The van der Waals surface area contributed by atoms with Crippen LogP contribution in [0.15, 0.2) is 12.1 Å². The van der Waals surface area contributed by atoms with Crippen LogP contribution in [0.5, 0.6) is 0 Å². The number of methoxy groups -OCH3 is 1. The Morgan fingerprint density at radius 1 is 1.53 bits per heavy atom. The van der Waals surface area contributed by atoms with Crippen LogP contribution in [-0.4, -0.2) is 25.2 Å². The van der Waals surface area contributed by atoms with Crippen molar-refractivity contribution in [3.05, 3.63) is 21.9 Å². The van der Waals surface area contributed by atoms with Crippen LogP contribution >= 0.6 is 11.3 Å². The summed E-state index contributed by atoms with van der Waals surface area (Å²) in [5.41, 5.74) is 4.88. The Bertz CT molecular complexity index is 483. The van der Waals surface area contributed by atoms with Crippen molar-refractivity contribution in [2.75, 3.05) is 13.7 Å². The number of rotatable bonds is 5. The van der Waals surface area contributed by atoms with Gasteiger partial charge in [0.05, 0.1) is 30.0 Å². The van der Waals surface area contributed by atoms with Crippen molar-refractivity contribution in [3.8, 4) is 11.8 Å². The van der Waals surface area contributed by atoms with Crippen LogP contribution in [0.3, 0.4) is 0 Å². The molecule has 0 saturated heterocycles.